The summed E-state index contributed by atoms with van der Waals surface area (Å²) >= 11 is 0. The molecule has 1 fully saturated rings. The smallest absolute Gasteiger partial charge is 0.341 e. The van der Waals surface area contributed by atoms with E-state index in [4.69, 9.17) is 14.9 Å². The zero-order valence-electron chi connectivity index (χ0n) is 13.4. The highest BCUT2D eigenvalue weighted by atomic mass is 16.5. The Bertz CT molecular complexity index is 754. The molecule has 1 aliphatic carbocycles. The molecular formula is C17H20N4O3. The molecule has 0 amide bonds. The van der Waals surface area contributed by atoms with Gasteiger partial charge in [0.05, 0.1) is 24.5 Å². The fraction of sp³-hybridized carbons (Fsp3) is 0.471. The minimum Gasteiger partial charge on any atom is -0.479 e. The lowest BCUT2D eigenvalue weighted by Crippen LogP contribution is -2.34. The number of hydrogen-bond acceptors (Lipinski definition) is 5. The summed E-state index contributed by atoms with van der Waals surface area (Å²) in [5, 5.41) is 13.4. The van der Waals surface area contributed by atoms with Gasteiger partial charge in [-0.15, -0.1) is 0 Å². The van der Waals surface area contributed by atoms with Crippen LogP contribution in [0.4, 0.5) is 5.82 Å². The van der Waals surface area contributed by atoms with Gasteiger partial charge in [0.1, 0.15) is 5.82 Å². The molecule has 7 heteroatoms. The summed E-state index contributed by atoms with van der Waals surface area (Å²) in [6, 6.07) is 7.66. The number of hydrogen-bond donors (Lipinski definition) is 1. The molecule has 1 N–H and O–H groups in total. The second-order valence-electron chi connectivity index (χ2n) is 6.35. The zero-order chi connectivity index (χ0) is 16.5. The van der Waals surface area contributed by atoms with Crippen molar-refractivity contribution in [3.63, 3.8) is 0 Å². The van der Waals surface area contributed by atoms with Crippen molar-refractivity contribution >= 4 is 11.8 Å². The number of nitrogens with zero attached hydrogens (tertiary/aromatic N) is 4. The van der Waals surface area contributed by atoms with E-state index in [0.717, 1.165) is 25.5 Å². The summed E-state index contributed by atoms with van der Waals surface area (Å²) in [7, 11) is 0. The van der Waals surface area contributed by atoms with Crippen LogP contribution in [0.5, 0.6) is 5.88 Å². The Morgan fingerprint density at radius 3 is 2.96 bits per heavy atom. The Morgan fingerprint density at radius 2 is 2.21 bits per heavy atom. The number of aliphatic carboxylic acids is 1. The van der Waals surface area contributed by atoms with Gasteiger partial charge in [-0.1, -0.05) is 12.5 Å². The highest BCUT2D eigenvalue weighted by Crippen LogP contribution is 2.36. The van der Waals surface area contributed by atoms with E-state index < -0.39 is 5.97 Å². The first-order valence-electron chi connectivity index (χ1n) is 8.32. The van der Waals surface area contributed by atoms with E-state index in [2.05, 4.69) is 20.6 Å². The summed E-state index contributed by atoms with van der Waals surface area (Å²) < 4.78 is 7.28. The van der Waals surface area contributed by atoms with E-state index in [0.29, 0.717) is 11.8 Å². The summed E-state index contributed by atoms with van der Waals surface area (Å²) in [5.74, 6) is 0.773. The number of pyridine rings is 1. The average Bonchev–Trinajstić information content (AvgIpc) is 2.93. The van der Waals surface area contributed by atoms with Gasteiger partial charge in [-0.2, -0.15) is 10.1 Å². The first-order valence-corrected chi connectivity index (χ1v) is 8.32. The second-order valence-corrected chi connectivity index (χ2v) is 6.35. The van der Waals surface area contributed by atoms with E-state index >= 15 is 0 Å². The Kier molecular flexibility index (Phi) is 3.84. The van der Waals surface area contributed by atoms with Crippen LogP contribution in [0.15, 0.2) is 24.3 Å². The van der Waals surface area contributed by atoms with Crippen LogP contribution < -0.4 is 9.64 Å². The van der Waals surface area contributed by atoms with Crippen LogP contribution in [0.1, 0.15) is 36.6 Å². The molecule has 0 saturated heterocycles. The van der Waals surface area contributed by atoms with Gasteiger partial charge < -0.3 is 14.7 Å². The van der Waals surface area contributed by atoms with Crippen LogP contribution in [-0.2, 0) is 17.9 Å². The van der Waals surface area contributed by atoms with Crippen LogP contribution in [0.2, 0.25) is 0 Å². The molecule has 0 aromatic carbocycles. The quantitative estimate of drug-likeness (QED) is 0.904. The number of fused-ring (bicyclic) bond motifs is 1. The molecule has 0 unspecified atom stereocenters. The Morgan fingerprint density at radius 1 is 1.33 bits per heavy atom. The third kappa shape index (κ3) is 2.93. The number of carbonyl (C=O) groups is 1. The number of ether oxygens (including phenoxy) is 1. The average molecular weight is 328 g/mol. The van der Waals surface area contributed by atoms with Crippen molar-refractivity contribution in [1.82, 2.24) is 14.8 Å². The normalized spacial score (nSPS) is 17.2. The van der Waals surface area contributed by atoms with Gasteiger partial charge >= 0.3 is 5.97 Å². The van der Waals surface area contributed by atoms with E-state index in [1.54, 1.807) is 6.07 Å². The summed E-state index contributed by atoms with van der Waals surface area (Å²) in [4.78, 5) is 17.2. The molecule has 2 aromatic heterocycles. The summed E-state index contributed by atoms with van der Waals surface area (Å²) in [5.41, 5.74) is 2.44. The Hall–Kier alpha value is -2.57. The SMILES string of the molecule is O=C(O)COc1cccc(N2CCn3nc(C4CCC4)cc3C2)n1. The van der Waals surface area contributed by atoms with Crippen molar-refractivity contribution < 1.29 is 14.6 Å². The fourth-order valence-electron chi connectivity index (χ4n) is 3.18. The molecule has 126 valence electrons. The van der Waals surface area contributed by atoms with Gasteiger partial charge in [-0.05, 0) is 25.0 Å². The predicted octanol–water partition coefficient (Wildman–Crippen LogP) is 2.03. The third-order valence-electron chi connectivity index (χ3n) is 4.72. The molecule has 24 heavy (non-hydrogen) atoms. The number of rotatable bonds is 5. The highest BCUT2D eigenvalue weighted by Gasteiger charge is 2.26. The van der Waals surface area contributed by atoms with Gasteiger partial charge in [-0.25, -0.2) is 4.79 Å². The zero-order valence-corrected chi connectivity index (χ0v) is 13.4. The van der Waals surface area contributed by atoms with E-state index in [1.807, 2.05) is 12.1 Å². The van der Waals surface area contributed by atoms with Gasteiger partial charge in [0.25, 0.3) is 0 Å². The number of carboxylic acids is 1. The molecule has 0 bridgehead atoms. The Labute approximate surface area is 139 Å². The fourth-order valence-corrected chi connectivity index (χ4v) is 3.18. The Balaban J connectivity index is 1.48. The molecule has 0 radical (unpaired) electrons. The monoisotopic (exact) mass is 328 g/mol. The molecule has 4 rings (SSSR count). The maximum atomic E-state index is 10.6. The second kappa shape index (κ2) is 6.14. The van der Waals surface area contributed by atoms with Crippen molar-refractivity contribution in [2.75, 3.05) is 18.1 Å². The number of aromatic nitrogens is 3. The minimum absolute atomic E-state index is 0.337. The van der Waals surface area contributed by atoms with Crippen LogP contribution in [-0.4, -0.2) is 39.0 Å². The first kappa shape index (κ1) is 15.0. The molecule has 2 aliphatic rings. The molecule has 0 spiro atoms. The van der Waals surface area contributed by atoms with Gasteiger partial charge in [0, 0.05) is 18.5 Å². The maximum Gasteiger partial charge on any atom is 0.341 e. The van der Waals surface area contributed by atoms with Gasteiger partial charge in [0.2, 0.25) is 5.88 Å². The number of carboxylic acid groups (broad SMARTS) is 1. The van der Waals surface area contributed by atoms with Crippen molar-refractivity contribution in [2.45, 2.75) is 38.3 Å². The predicted molar refractivity (Wildman–Crippen MR) is 87.2 cm³/mol. The molecule has 1 saturated carbocycles. The summed E-state index contributed by atoms with van der Waals surface area (Å²) in [6.45, 7) is 2.04. The van der Waals surface area contributed by atoms with Gasteiger partial charge in [-0.3, -0.25) is 4.68 Å². The third-order valence-corrected chi connectivity index (χ3v) is 4.72. The van der Waals surface area contributed by atoms with E-state index in [1.165, 1.54) is 30.7 Å². The van der Waals surface area contributed by atoms with E-state index in [-0.39, 0.29) is 6.61 Å². The minimum atomic E-state index is -1.01. The lowest BCUT2D eigenvalue weighted by atomic mass is 9.83. The summed E-state index contributed by atoms with van der Waals surface area (Å²) in [6.07, 6.45) is 3.82. The lowest BCUT2D eigenvalue weighted by molar-refractivity contribution is -0.139. The van der Waals surface area contributed by atoms with E-state index in [9.17, 15) is 4.79 Å². The van der Waals surface area contributed by atoms with Crippen LogP contribution >= 0.6 is 0 Å². The molecule has 7 nitrogen and oxygen atoms in total. The molecule has 2 aromatic rings. The highest BCUT2D eigenvalue weighted by molar-refractivity contribution is 5.68. The van der Waals surface area contributed by atoms with Gasteiger partial charge in [0.15, 0.2) is 6.61 Å². The molecule has 1 aliphatic heterocycles. The lowest BCUT2D eigenvalue weighted by Gasteiger charge is -2.28. The maximum absolute atomic E-state index is 10.6. The van der Waals surface area contributed by atoms with Crippen molar-refractivity contribution in [3.05, 3.63) is 35.7 Å². The van der Waals surface area contributed by atoms with Crippen LogP contribution in [0, 0.1) is 0 Å². The van der Waals surface area contributed by atoms with Crippen molar-refractivity contribution in [1.29, 1.82) is 0 Å². The largest absolute Gasteiger partial charge is 0.479 e. The topological polar surface area (TPSA) is 80.5 Å². The van der Waals surface area contributed by atoms with Crippen LogP contribution in [0.3, 0.4) is 0 Å². The molecule has 0 atom stereocenters. The first-order chi connectivity index (χ1) is 11.7. The molecule has 3 heterocycles. The van der Waals surface area contributed by atoms with Crippen molar-refractivity contribution in [3.8, 4) is 5.88 Å². The van der Waals surface area contributed by atoms with Crippen molar-refractivity contribution in [2.24, 2.45) is 0 Å². The standard InChI is InChI=1S/C17H20N4O3/c22-17(23)11-24-16-6-2-5-15(18-16)20-7-8-21-13(10-20)9-14(19-21)12-3-1-4-12/h2,5-6,9,12H,1,3-4,7-8,10-11H2,(H,22,23). The van der Waals surface area contributed by atoms with Crippen LogP contribution in [0.25, 0.3) is 0 Å². The molecular weight excluding hydrogens is 308 g/mol. The number of anilines is 1.